The van der Waals surface area contributed by atoms with Crippen LogP contribution in [0.4, 0.5) is 0 Å². The highest BCUT2D eigenvalue weighted by Crippen LogP contribution is 2.23. The van der Waals surface area contributed by atoms with E-state index in [0.29, 0.717) is 5.78 Å². The third kappa shape index (κ3) is 2.32. The third-order valence-corrected chi connectivity index (χ3v) is 3.01. The highest BCUT2D eigenvalue weighted by atomic mass is 16.1. The van der Waals surface area contributed by atoms with Crippen LogP contribution in [-0.2, 0) is 4.79 Å². The van der Waals surface area contributed by atoms with Gasteiger partial charge in [0.05, 0.1) is 0 Å². The lowest BCUT2D eigenvalue weighted by Crippen LogP contribution is -2.33. The van der Waals surface area contributed by atoms with Crippen LogP contribution in [0.2, 0.25) is 0 Å². The monoisotopic (exact) mass is 202 g/mol. The molecule has 1 aromatic heterocycles. The molecule has 1 unspecified atom stereocenters. The summed E-state index contributed by atoms with van der Waals surface area (Å²) in [6, 6.07) is 6.06. The molecule has 2 rings (SSSR count). The number of carbonyl (C=O) groups is 1. The molecule has 15 heavy (non-hydrogen) atoms. The van der Waals surface area contributed by atoms with Crippen LogP contribution in [0, 0.1) is 5.92 Å². The molecule has 0 saturated heterocycles. The van der Waals surface area contributed by atoms with Gasteiger partial charge >= 0.3 is 0 Å². The van der Waals surface area contributed by atoms with Crippen molar-refractivity contribution < 1.29 is 9.36 Å². The number of pyridine rings is 1. The average molecular weight is 202 g/mol. The van der Waals surface area contributed by atoms with Crippen molar-refractivity contribution >= 4 is 11.5 Å². The fraction of sp³-hybridized carbons (Fsp3) is 0.385. The Labute approximate surface area is 90.2 Å². The first-order chi connectivity index (χ1) is 7.27. The number of allylic oxidation sites excluding steroid dienone is 2. The zero-order chi connectivity index (χ0) is 10.7. The Hall–Kier alpha value is -1.44. The van der Waals surface area contributed by atoms with Crippen molar-refractivity contribution in [2.24, 2.45) is 5.92 Å². The molecule has 0 aromatic carbocycles. The van der Waals surface area contributed by atoms with Gasteiger partial charge in [-0.25, -0.2) is 0 Å². The van der Waals surface area contributed by atoms with Gasteiger partial charge < -0.3 is 0 Å². The van der Waals surface area contributed by atoms with Crippen molar-refractivity contribution in [1.82, 2.24) is 0 Å². The zero-order valence-electron chi connectivity index (χ0n) is 9.02. The maximum Gasteiger partial charge on any atom is 0.183 e. The van der Waals surface area contributed by atoms with Crippen molar-refractivity contribution in [3.63, 3.8) is 0 Å². The Morgan fingerprint density at radius 1 is 1.33 bits per heavy atom. The number of hydrogen-bond acceptors (Lipinski definition) is 1. The molecule has 0 radical (unpaired) electrons. The van der Waals surface area contributed by atoms with E-state index in [9.17, 15) is 4.79 Å². The van der Waals surface area contributed by atoms with E-state index in [-0.39, 0.29) is 5.92 Å². The van der Waals surface area contributed by atoms with E-state index in [1.807, 2.05) is 18.2 Å². The summed E-state index contributed by atoms with van der Waals surface area (Å²) in [4.78, 5) is 11.2. The summed E-state index contributed by atoms with van der Waals surface area (Å²) in [6.45, 7) is 1.69. The maximum absolute atomic E-state index is 11.2. The first-order valence-electron chi connectivity index (χ1n) is 5.43. The molecule has 1 aliphatic rings. The molecule has 0 amide bonds. The minimum Gasteiger partial charge on any atom is -0.300 e. The molecule has 1 heterocycles. The molecule has 1 aromatic rings. The molecule has 0 N–H and O–H groups in total. The second-order valence-corrected chi connectivity index (χ2v) is 4.06. The van der Waals surface area contributed by atoms with Gasteiger partial charge in [0.15, 0.2) is 18.1 Å². The molecule has 2 heteroatoms. The lowest BCUT2D eigenvalue weighted by atomic mass is 9.89. The van der Waals surface area contributed by atoms with Gasteiger partial charge in [0, 0.05) is 24.5 Å². The van der Waals surface area contributed by atoms with Crippen LogP contribution in [-0.4, -0.2) is 5.78 Å². The maximum atomic E-state index is 11.2. The predicted molar refractivity (Wildman–Crippen MR) is 58.9 cm³/mol. The van der Waals surface area contributed by atoms with Gasteiger partial charge in [-0.15, -0.1) is 0 Å². The van der Waals surface area contributed by atoms with Gasteiger partial charge in [-0.2, -0.15) is 4.57 Å². The van der Waals surface area contributed by atoms with Crippen LogP contribution >= 0.6 is 0 Å². The summed E-state index contributed by atoms with van der Waals surface area (Å²) < 4.78 is 2.14. The van der Waals surface area contributed by atoms with Crippen molar-refractivity contribution in [2.75, 3.05) is 0 Å². The number of nitrogens with zero attached hydrogens (tertiary/aromatic N) is 1. The highest BCUT2D eigenvalue weighted by molar-refractivity contribution is 5.79. The second kappa shape index (κ2) is 4.39. The van der Waals surface area contributed by atoms with Crippen LogP contribution in [0.5, 0.6) is 0 Å². The summed E-state index contributed by atoms with van der Waals surface area (Å²) in [7, 11) is 0. The normalized spacial score (nSPS) is 20.9. The molecular formula is C13H16NO+. The van der Waals surface area contributed by atoms with E-state index >= 15 is 0 Å². The van der Waals surface area contributed by atoms with Crippen LogP contribution in [0.25, 0.3) is 5.70 Å². The summed E-state index contributed by atoms with van der Waals surface area (Å²) >= 11 is 0. The van der Waals surface area contributed by atoms with Gasteiger partial charge in [0.1, 0.15) is 5.78 Å². The number of carbonyl (C=O) groups excluding carboxylic acids is 1. The van der Waals surface area contributed by atoms with Crippen LogP contribution in [0.15, 0.2) is 36.7 Å². The van der Waals surface area contributed by atoms with Crippen LogP contribution < -0.4 is 4.57 Å². The lowest BCUT2D eigenvalue weighted by Gasteiger charge is -2.15. The lowest BCUT2D eigenvalue weighted by molar-refractivity contribution is -0.584. The largest absolute Gasteiger partial charge is 0.300 e. The Balaban J connectivity index is 2.12. The predicted octanol–water partition coefficient (Wildman–Crippen LogP) is 2.20. The van der Waals surface area contributed by atoms with Crippen LogP contribution in [0.3, 0.4) is 0 Å². The SMILES string of the molecule is CC(=O)C1CC=C([n+]2ccccc2)CC1. The third-order valence-electron chi connectivity index (χ3n) is 3.01. The summed E-state index contributed by atoms with van der Waals surface area (Å²) in [6.07, 6.45) is 9.18. The standard InChI is InChI=1S/C13H16NO/c1-11(15)12-5-7-13(8-6-12)14-9-3-2-4-10-14/h2-4,7,9-10,12H,5-6,8H2,1H3/q+1. The zero-order valence-corrected chi connectivity index (χ0v) is 9.02. The molecular weight excluding hydrogens is 186 g/mol. The molecule has 2 nitrogen and oxygen atoms in total. The Morgan fingerprint density at radius 3 is 2.60 bits per heavy atom. The van der Waals surface area contributed by atoms with E-state index < -0.39 is 0 Å². The molecule has 0 saturated carbocycles. The molecule has 78 valence electrons. The number of hydrogen-bond donors (Lipinski definition) is 0. The van der Waals surface area contributed by atoms with E-state index in [1.165, 1.54) is 5.70 Å². The van der Waals surface area contributed by atoms with Crippen molar-refractivity contribution in [3.05, 3.63) is 36.7 Å². The Bertz CT molecular complexity index is 381. The van der Waals surface area contributed by atoms with Gasteiger partial charge in [0.2, 0.25) is 0 Å². The van der Waals surface area contributed by atoms with Crippen molar-refractivity contribution in [3.8, 4) is 0 Å². The van der Waals surface area contributed by atoms with E-state index in [1.54, 1.807) is 6.92 Å². The fourth-order valence-corrected chi connectivity index (χ4v) is 2.01. The minimum atomic E-state index is 0.248. The number of ketones is 1. The second-order valence-electron chi connectivity index (χ2n) is 4.06. The van der Waals surface area contributed by atoms with Crippen molar-refractivity contribution in [1.29, 1.82) is 0 Å². The Morgan fingerprint density at radius 2 is 2.07 bits per heavy atom. The van der Waals surface area contributed by atoms with Gasteiger partial charge in [-0.3, -0.25) is 4.79 Å². The van der Waals surface area contributed by atoms with E-state index in [0.717, 1.165) is 19.3 Å². The molecule has 0 aliphatic heterocycles. The summed E-state index contributed by atoms with van der Waals surface area (Å²) in [5.41, 5.74) is 1.31. The van der Waals surface area contributed by atoms with E-state index in [2.05, 4.69) is 23.0 Å². The fourth-order valence-electron chi connectivity index (χ4n) is 2.01. The molecule has 0 fully saturated rings. The quantitative estimate of drug-likeness (QED) is 0.673. The van der Waals surface area contributed by atoms with Gasteiger partial charge in [-0.1, -0.05) is 6.07 Å². The smallest absolute Gasteiger partial charge is 0.183 e. The highest BCUT2D eigenvalue weighted by Gasteiger charge is 2.22. The minimum absolute atomic E-state index is 0.248. The number of rotatable bonds is 2. The number of aromatic nitrogens is 1. The topological polar surface area (TPSA) is 20.9 Å². The first-order valence-corrected chi connectivity index (χ1v) is 5.43. The average Bonchev–Trinajstić information content (AvgIpc) is 2.30. The Kier molecular flexibility index (Phi) is 2.95. The van der Waals surface area contributed by atoms with Crippen LogP contribution in [0.1, 0.15) is 26.2 Å². The number of Topliss-reactive ketones (excluding diaryl/α,β-unsaturated/α-hetero) is 1. The summed E-state index contributed by atoms with van der Waals surface area (Å²) in [5.74, 6) is 0.571. The molecule has 0 spiro atoms. The molecule has 0 bridgehead atoms. The first kappa shape index (κ1) is 10.1. The van der Waals surface area contributed by atoms with Crippen molar-refractivity contribution in [2.45, 2.75) is 26.2 Å². The molecule has 1 aliphatic carbocycles. The van der Waals surface area contributed by atoms with Gasteiger partial charge in [0.25, 0.3) is 0 Å². The van der Waals surface area contributed by atoms with Gasteiger partial charge in [-0.05, 0) is 25.8 Å². The summed E-state index contributed by atoms with van der Waals surface area (Å²) in [5, 5.41) is 0. The van der Waals surface area contributed by atoms with E-state index in [4.69, 9.17) is 0 Å². The molecule has 1 atom stereocenters.